The molecule has 2 rings (SSSR count). The van der Waals surface area contributed by atoms with Gasteiger partial charge in [0.15, 0.2) is 0 Å². The lowest BCUT2D eigenvalue weighted by Crippen LogP contribution is -2.40. The lowest BCUT2D eigenvalue weighted by atomic mass is 10.1. The highest BCUT2D eigenvalue weighted by molar-refractivity contribution is 5.96. The summed E-state index contributed by atoms with van der Waals surface area (Å²) in [5.41, 5.74) is 2.00. The molecule has 1 aliphatic heterocycles. The first-order valence-electron chi connectivity index (χ1n) is 7.43. The Balaban J connectivity index is 2.12. The minimum Gasteiger partial charge on any atom is -0.478 e. The van der Waals surface area contributed by atoms with E-state index in [2.05, 4.69) is 6.92 Å². The molecule has 0 unspecified atom stereocenters. The van der Waals surface area contributed by atoms with E-state index in [1.165, 1.54) is 0 Å². The molecule has 0 saturated carbocycles. The number of hydrogen-bond acceptors (Lipinski definition) is 2. The number of rotatable bonds is 5. The van der Waals surface area contributed by atoms with Crippen LogP contribution in [0.25, 0.3) is 0 Å². The van der Waals surface area contributed by atoms with Gasteiger partial charge < -0.3 is 10.0 Å². The summed E-state index contributed by atoms with van der Waals surface area (Å²) in [7, 11) is 1.80. The predicted molar refractivity (Wildman–Crippen MR) is 82.0 cm³/mol. The number of nitrogens with zero attached hydrogens (tertiary/aromatic N) is 2. The van der Waals surface area contributed by atoms with Crippen molar-refractivity contribution < 1.29 is 14.7 Å². The molecule has 5 nitrogen and oxygen atoms in total. The van der Waals surface area contributed by atoms with E-state index in [0.717, 1.165) is 43.5 Å². The van der Waals surface area contributed by atoms with Gasteiger partial charge in [-0.3, -0.25) is 4.90 Å². The molecule has 0 radical (unpaired) electrons. The van der Waals surface area contributed by atoms with Crippen LogP contribution in [0.2, 0.25) is 0 Å². The first-order valence-corrected chi connectivity index (χ1v) is 7.43. The maximum atomic E-state index is 12.5. The second kappa shape index (κ2) is 6.61. The average molecular weight is 290 g/mol. The van der Waals surface area contributed by atoms with Crippen LogP contribution in [-0.2, 0) is 6.42 Å². The van der Waals surface area contributed by atoms with Crippen LogP contribution in [0.15, 0.2) is 18.2 Å². The van der Waals surface area contributed by atoms with Crippen molar-refractivity contribution in [2.24, 2.45) is 0 Å². The van der Waals surface area contributed by atoms with E-state index >= 15 is 0 Å². The first kappa shape index (κ1) is 15.4. The summed E-state index contributed by atoms with van der Waals surface area (Å²) in [6, 6.07) is 4.96. The smallest absolute Gasteiger partial charge is 0.335 e. The summed E-state index contributed by atoms with van der Waals surface area (Å²) >= 11 is 0. The van der Waals surface area contributed by atoms with Crippen molar-refractivity contribution in [3.8, 4) is 0 Å². The second-order valence-corrected chi connectivity index (χ2v) is 5.46. The molecule has 0 fully saturated rings. The number of urea groups is 1. The number of fused-ring (bicyclic) bond motifs is 1. The van der Waals surface area contributed by atoms with Gasteiger partial charge in [0.1, 0.15) is 0 Å². The van der Waals surface area contributed by atoms with Crippen LogP contribution in [-0.4, -0.2) is 42.1 Å². The monoisotopic (exact) mass is 290 g/mol. The molecule has 2 amide bonds. The number of anilines is 1. The number of benzene rings is 1. The molecule has 1 heterocycles. The fraction of sp³-hybridized carbons (Fsp3) is 0.500. The zero-order chi connectivity index (χ0) is 15.4. The fourth-order valence-corrected chi connectivity index (χ4v) is 2.61. The predicted octanol–water partition coefficient (Wildman–Crippen LogP) is 2.99. The largest absolute Gasteiger partial charge is 0.478 e. The highest BCUT2D eigenvalue weighted by atomic mass is 16.4. The van der Waals surface area contributed by atoms with Gasteiger partial charge in [0.05, 0.1) is 5.56 Å². The Morgan fingerprint density at radius 3 is 2.76 bits per heavy atom. The maximum absolute atomic E-state index is 12.5. The molecule has 5 heteroatoms. The molecule has 1 aliphatic rings. The molecule has 21 heavy (non-hydrogen) atoms. The Labute approximate surface area is 125 Å². The van der Waals surface area contributed by atoms with E-state index in [4.69, 9.17) is 5.11 Å². The Bertz CT molecular complexity index is 542. The second-order valence-electron chi connectivity index (χ2n) is 5.46. The number of aromatic carboxylic acids is 1. The third-order valence-electron chi connectivity index (χ3n) is 3.88. The van der Waals surface area contributed by atoms with Gasteiger partial charge >= 0.3 is 12.0 Å². The molecule has 0 aliphatic carbocycles. The summed E-state index contributed by atoms with van der Waals surface area (Å²) in [6.45, 7) is 3.48. The molecule has 1 N–H and O–H groups in total. The third-order valence-corrected chi connectivity index (χ3v) is 3.88. The molecule has 1 aromatic rings. The van der Waals surface area contributed by atoms with E-state index in [1.54, 1.807) is 29.0 Å². The molecular weight excluding hydrogens is 268 g/mol. The minimum atomic E-state index is -0.964. The molecular formula is C16H22N2O3. The number of amides is 2. The van der Waals surface area contributed by atoms with Gasteiger partial charge in [-0.25, -0.2) is 9.59 Å². The molecule has 114 valence electrons. The maximum Gasteiger partial charge on any atom is 0.335 e. The standard InChI is InChI=1S/C16H22N2O3/c1-3-4-5-9-17(2)16(21)18-10-8-12-6-7-13(15(19)20)11-14(12)18/h6-7,11H,3-5,8-10H2,1-2H3,(H,19,20). The Morgan fingerprint density at radius 1 is 1.33 bits per heavy atom. The average Bonchev–Trinajstić information content (AvgIpc) is 2.89. The van der Waals surface area contributed by atoms with Crippen molar-refractivity contribution in [3.63, 3.8) is 0 Å². The number of carbonyl (C=O) groups is 2. The number of unbranched alkanes of at least 4 members (excludes halogenated alkanes) is 2. The van der Waals surface area contributed by atoms with Crippen molar-refractivity contribution in [3.05, 3.63) is 29.3 Å². The highest BCUT2D eigenvalue weighted by Crippen LogP contribution is 2.30. The topological polar surface area (TPSA) is 60.9 Å². The molecule has 0 aromatic heterocycles. The fourth-order valence-electron chi connectivity index (χ4n) is 2.61. The Kier molecular flexibility index (Phi) is 4.83. The van der Waals surface area contributed by atoms with Gasteiger partial charge in [-0.1, -0.05) is 25.8 Å². The van der Waals surface area contributed by atoms with Crippen LogP contribution in [0.3, 0.4) is 0 Å². The quantitative estimate of drug-likeness (QED) is 0.848. The van der Waals surface area contributed by atoms with Crippen molar-refractivity contribution in [2.45, 2.75) is 32.6 Å². The van der Waals surface area contributed by atoms with Crippen molar-refractivity contribution in [2.75, 3.05) is 25.0 Å². The lowest BCUT2D eigenvalue weighted by Gasteiger charge is -2.25. The van der Waals surface area contributed by atoms with Gasteiger partial charge in [-0.05, 0) is 30.5 Å². The van der Waals surface area contributed by atoms with E-state index in [1.807, 2.05) is 6.07 Å². The van der Waals surface area contributed by atoms with Crippen molar-refractivity contribution in [1.82, 2.24) is 4.90 Å². The van der Waals surface area contributed by atoms with Crippen LogP contribution in [0.5, 0.6) is 0 Å². The molecule has 1 aromatic carbocycles. The van der Waals surface area contributed by atoms with E-state index < -0.39 is 5.97 Å². The number of hydrogen-bond donors (Lipinski definition) is 1. The summed E-state index contributed by atoms with van der Waals surface area (Å²) in [6.07, 6.45) is 4.01. The van der Waals surface area contributed by atoms with Gasteiger partial charge in [0.2, 0.25) is 0 Å². The minimum absolute atomic E-state index is 0.0487. The van der Waals surface area contributed by atoms with E-state index in [0.29, 0.717) is 6.54 Å². The SMILES string of the molecule is CCCCCN(C)C(=O)N1CCc2ccc(C(=O)O)cc21. The summed E-state index contributed by atoms with van der Waals surface area (Å²) in [5.74, 6) is -0.964. The zero-order valence-corrected chi connectivity index (χ0v) is 12.6. The molecule has 0 atom stereocenters. The number of carboxylic acid groups (broad SMARTS) is 1. The zero-order valence-electron chi connectivity index (χ0n) is 12.6. The first-order chi connectivity index (χ1) is 10.0. The van der Waals surface area contributed by atoms with E-state index in [9.17, 15) is 9.59 Å². The molecule has 0 saturated heterocycles. The molecule has 0 bridgehead atoms. The lowest BCUT2D eigenvalue weighted by molar-refractivity contribution is 0.0697. The van der Waals surface area contributed by atoms with Crippen LogP contribution in [0, 0.1) is 0 Å². The van der Waals surface area contributed by atoms with Gasteiger partial charge in [-0.15, -0.1) is 0 Å². The number of carbonyl (C=O) groups excluding carboxylic acids is 1. The molecule has 0 spiro atoms. The normalized spacial score (nSPS) is 13.1. The highest BCUT2D eigenvalue weighted by Gasteiger charge is 2.27. The third kappa shape index (κ3) is 3.35. The Morgan fingerprint density at radius 2 is 2.10 bits per heavy atom. The van der Waals surface area contributed by atoms with Crippen molar-refractivity contribution >= 4 is 17.7 Å². The van der Waals surface area contributed by atoms with Crippen LogP contribution in [0.1, 0.15) is 42.1 Å². The Hall–Kier alpha value is -2.04. The van der Waals surface area contributed by atoms with Crippen LogP contribution < -0.4 is 4.90 Å². The van der Waals surface area contributed by atoms with Gasteiger partial charge in [0.25, 0.3) is 0 Å². The summed E-state index contributed by atoms with van der Waals surface area (Å²) in [4.78, 5) is 27.0. The summed E-state index contributed by atoms with van der Waals surface area (Å²) < 4.78 is 0. The van der Waals surface area contributed by atoms with Crippen LogP contribution >= 0.6 is 0 Å². The van der Waals surface area contributed by atoms with Crippen molar-refractivity contribution in [1.29, 1.82) is 0 Å². The summed E-state index contributed by atoms with van der Waals surface area (Å²) in [5, 5.41) is 9.08. The van der Waals surface area contributed by atoms with E-state index in [-0.39, 0.29) is 11.6 Å². The number of carboxylic acids is 1. The van der Waals surface area contributed by atoms with Gasteiger partial charge in [0, 0.05) is 25.8 Å². The van der Waals surface area contributed by atoms with Gasteiger partial charge in [-0.2, -0.15) is 0 Å². The van der Waals surface area contributed by atoms with Crippen LogP contribution in [0.4, 0.5) is 10.5 Å².